The summed E-state index contributed by atoms with van der Waals surface area (Å²) in [7, 11) is 0. The number of aromatic nitrogens is 1. The summed E-state index contributed by atoms with van der Waals surface area (Å²) < 4.78 is 0. The van der Waals surface area contributed by atoms with Crippen molar-refractivity contribution < 1.29 is 24.6 Å². The molecule has 8 nitrogen and oxygen atoms in total. The van der Waals surface area contributed by atoms with Gasteiger partial charge in [-0.1, -0.05) is 0 Å². The summed E-state index contributed by atoms with van der Waals surface area (Å²) in [5.41, 5.74) is 0.792. The van der Waals surface area contributed by atoms with Crippen LogP contribution in [0.1, 0.15) is 10.4 Å². The van der Waals surface area contributed by atoms with Crippen LogP contribution in [0.25, 0.3) is 0 Å². The van der Waals surface area contributed by atoms with Gasteiger partial charge < -0.3 is 20.8 Å². The van der Waals surface area contributed by atoms with Crippen molar-refractivity contribution in [3.05, 3.63) is 48.3 Å². The molecule has 8 heteroatoms. The maximum absolute atomic E-state index is 11.2. The second kappa shape index (κ2) is 6.35. The molecule has 0 aliphatic heterocycles. The molecule has 1 amide bonds. The number of aliphatic carboxylic acids is 1. The van der Waals surface area contributed by atoms with Crippen molar-refractivity contribution in [3.8, 4) is 0 Å². The van der Waals surface area contributed by atoms with Gasteiger partial charge >= 0.3 is 17.8 Å². The zero-order valence-corrected chi connectivity index (χ0v) is 11.1. The minimum atomic E-state index is -1.71. The average molecular weight is 301 g/mol. The third-order valence-electron chi connectivity index (χ3n) is 2.64. The van der Waals surface area contributed by atoms with Crippen molar-refractivity contribution in [2.45, 2.75) is 0 Å². The topological polar surface area (TPSA) is 129 Å². The first-order valence-electron chi connectivity index (χ1n) is 6.06. The van der Waals surface area contributed by atoms with E-state index in [-0.39, 0.29) is 11.3 Å². The molecule has 1 aromatic heterocycles. The molecule has 2 aromatic rings. The first-order chi connectivity index (χ1) is 10.5. The number of nitrogens with zero attached hydrogens (tertiary/aromatic N) is 1. The molecule has 0 atom stereocenters. The van der Waals surface area contributed by atoms with Gasteiger partial charge in [-0.3, -0.25) is 9.78 Å². The van der Waals surface area contributed by atoms with Crippen molar-refractivity contribution in [1.82, 2.24) is 4.98 Å². The van der Waals surface area contributed by atoms with E-state index in [1.165, 1.54) is 18.2 Å². The summed E-state index contributed by atoms with van der Waals surface area (Å²) in [6, 6.07) is 7.54. The summed E-state index contributed by atoms with van der Waals surface area (Å²) in [6.07, 6.45) is 3.15. The Morgan fingerprint density at radius 1 is 1.05 bits per heavy atom. The summed E-state index contributed by atoms with van der Waals surface area (Å²) in [6.45, 7) is 0. The van der Waals surface area contributed by atoms with Crippen LogP contribution in [0.4, 0.5) is 17.1 Å². The number of nitrogens with one attached hydrogen (secondary N) is 2. The van der Waals surface area contributed by atoms with E-state index in [2.05, 4.69) is 10.3 Å². The second-order valence-corrected chi connectivity index (χ2v) is 4.19. The van der Waals surface area contributed by atoms with Gasteiger partial charge in [0.25, 0.3) is 0 Å². The molecule has 2 rings (SSSR count). The summed E-state index contributed by atoms with van der Waals surface area (Å²) in [5.74, 6) is -4.31. The van der Waals surface area contributed by atoms with E-state index in [1.54, 1.807) is 24.5 Å². The van der Waals surface area contributed by atoms with Gasteiger partial charge in [0.2, 0.25) is 0 Å². The summed E-state index contributed by atoms with van der Waals surface area (Å²) >= 11 is 0. The Hall–Kier alpha value is -3.42. The van der Waals surface area contributed by atoms with Crippen molar-refractivity contribution in [1.29, 1.82) is 0 Å². The third-order valence-corrected chi connectivity index (χ3v) is 2.64. The lowest BCUT2D eigenvalue weighted by atomic mass is 10.1. The SMILES string of the molecule is O=C(O)C(=O)Nc1cc(Nc2cccnc2)ccc1C(=O)O. The van der Waals surface area contributed by atoms with Crippen molar-refractivity contribution in [3.63, 3.8) is 0 Å². The van der Waals surface area contributed by atoms with Gasteiger partial charge in [-0.2, -0.15) is 0 Å². The van der Waals surface area contributed by atoms with Gasteiger partial charge in [0.05, 0.1) is 23.1 Å². The summed E-state index contributed by atoms with van der Waals surface area (Å²) in [5, 5.41) is 22.7. The van der Waals surface area contributed by atoms with E-state index < -0.39 is 17.8 Å². The Kier molecular flexibility index (Phi) is 4.33. The van der Waals surface area contributed by atoms with Crippen molar-refractivity contribution in [2.75, 3.05) is 10.6 Å². The number of anilines is 3. The fraction of sp³-hybridized carbons (Fsp3) is 0. The Morgan fingerprint density at radius 3 is 2.41 bits per heavy atom. The largest absolute Gasteiger partial charge is 0.478 e. The van der Waals surface area contributed by atoms with Gasteiger partial charge in [0.1, 0.15) is 0 Å². The lowest BCUT2D eigenvalue weighted by molar-refractivity contribution is -0.147. The zero-order valence-electron chi connectivity index (χ0n) is 11.1. The monoisotopic (exact) mass is 301 g/mol. The molecular formula is C14H11N3O5. The maximum Gasteiger partial charge on any atom is 0.394 e. The van der Waals surface area contributed by atoms with Crippen LogP contribution < -0.4 is 10.6 Å². The molecule has 0 radical (unpaired) electrons. The minimum absolute atomic E-state index is 0.117. The van der Waals surface area contributed by atoms with E-state index in [9.17, 15) is 14.4 Å². The van der Waals surface area contributed by atoms with E-state index in [4.69, 9.17) is 10.2 Å². The zero-order chi connectivity index (χ0) is 16.1. The van der Waals surface area contributed by atoms with Crippen LogP contribution in [0, 0.1) is 0 Å². The van der Waals surface area contributed by atoms with Gasteiger partial charge in [0, 0.05) is 11.9 Å². The number of carbonyl (C=O) groups excluding carboxylic acids is 1. The first-order valence-corrected chi connectivity index (χ1v) is 6.06. The minimum Gasteiger partial charge on any atom is -0.478 e. The lowest BCUT2D eigenvalue weighted by Gasteiger charge is -2.11. The number of aromatic carboxylic acids is 1. The fourth-order valence-corrected chi connectivity index (χ4v) is 1.69. The number of hydrogen-bond acceptors (Lipinski definition) is 5. The van der Waals surface area contributed by atoms with Crippen LogP contribution in [-0.2, 0) is 9.59 Å². The van der Waals surface area contributed by atoms with Gasteiger partial charge in [-0.15, -0.1) is 0 Å². The van der Waals surface area contributed by atoms with E-state index >= 15 is 0 Å². The number of rotatable bonds is 4. The van der Waals surface area contributed by atoms with E-state index in [0.29, 0.717) is 11.4 Å². The molecular weight excluding hydrogens is 290 g/mol. The lowest BCUT2D eigenvalue weighted by Crippen LogP contribution is -2.23. The third kappa shape index (κ3) is 3.57. The van der Waals surface area contributed by atoms with Gasteiger partial charge in [-0.25, -0.2) is 9.59 Å². The van der Waals surface area contributed by atoms with Crippen molar-refractivity contribution in [2.24, 2.45) is 0 Å². The van der Waals surface area contributed by atoms with Crippen LogP contribution in [0.2, 0.25) is 0 Å². The van der Waals surface area contributed by atoms with Crippen molar-refractivity contribution >= 4 is 34.9 Å². The fourth-order valence-electron chi connectivity index (χ4n) is 1.69. The molecule has 0 saturated carbocycles. The number of amides is 1. The van der Waals surface area contributed by atoms with E-state index in [1.807, 2.05) is 5.32 Å². The molecule has 22 heavy (non-hydrogen) atoms. The first kappa shape index (κ1) is 15.0. The van der Waals surface area contributed by atoms with Crippen LogP contribution in [0.5, 0.6) is 0 Å². The highest BCUT2D eigenvalue weighted by molar-refractivity contribution is 6.36. The second-order valence-electron chi connectivity index (χ2n) is 4.19. The molecule has 0 aliphatic carbocycles. The number of carbonyl (C=O) groups is 3. The van der Waals surface area contributed by atoms with Gasteiger partial charge in [0.15, 0.2) is 0 Å². The highest BCUT2D eigenvalue weighted by Gasteiger charge is 2.17. The number of hydrogen-bond donors (Lipinski definition) is 4. The Morgan fingerprint density at radius 2 is 1.82 bits per heavy atom. The average Bonchev–Trinajstić information content (AvgIpc) is 2.48. The van der Waals surface area contributed by atoms with E-state index in [0.717, 1.165) is 0 Å². The highest BCUT2D eigenvalue weighted by atomic mass is 16.4. The number of carboxylic acid groups (broad SMARTS) is 2. The van der Waals surface area contributed by atoms with Gasteiger partial charge in [-0.05, 0) is 30.3 Å². The van der Waals surface area contributed by atoms with Crippen LogP contribution in [-0.4, -0.2) is 33.0 Å². The molecule has 0 spiro atoms. The molecule has 112 valence electrons. The molecule has 0 bridgehead atoms. The number of benzene rings is 1. The Bertz CT molecular complexity index is 731. The predicted molar refractivity (Wildman–Crippen MR) is 77.2 cm³/mol. The molecule has 0 saturated heterocycles. The maximum atomic E-state index is 11.2. The van der Waals surface area contributed by atoms with Crippen LogP contribution in [0.3, 0.4) is 0 Å². The molecule has 1 heterocycles. The predicted octanol–water partition coefficient (Wildman–Crippen LogP) is 1.55. The quantitative estimate of drug-likeness (QED) is 0.630. The molecule has 0 unspecified atom stereocenters. The Balaban J connectivity index is 2.32. The molecule has 1 aromatic carbocycles. The number of pyridine rings is 1. The normalized spacial score (nSPS) is 9.82. The molecule has 0 aliphatic rings. The molecule has 4 N–H and O–H groups in total. The standard InChI is InChI=1S/C14H11N3O5/c18-12(14(21)22)17-11-6-8(3-4-10(11)13(19)20)16-9-2-1-5-15-7-9/h1-7,16H,(H,17,18)(H,19,20)(H,21,22). The highest BCUT2D eigenvalue weighted by Crippen LogP contribution is 2.23. The smallest absolute Gasteiger partial charge is 0.394 e. The summed E-state index contributed by atoms with van der Waals surface area (Å²) in [4.78, 5) is 36.8. The van der Waals surface area contributed by atoms with Crippen LogP contribution >= 0.6 is 0 Å². The van der Waals surface area contributed by atoms with Crippen LogP contribution in [0.15, 0.2) is 42.7 Å². The Labute approximate surface area is 124 Å². The number of carboxylic acids is 2. The molecule has 0 fully saturated rings.